The number of anilines is 2. The number of nitrogens with one attached hydrogen (secondary N) is 1. The third kappa shape index (κ3) is 4.25. The van der Waals surface area contributed by atoms with E-state index in [0.29, 0.717) is 11.5 Å². The van der Waals surface area contributed by atoms with Gasteiger partial charge in [-0.1, -0.05) is 24.1 Å². The van der Waals surface area contributed by atoms with E-state index < -0.39 is 0 Å². The largest absolute Gasteiger partial charge is 0.375 e. The SMILES string of the molecule is Cc1ccc(N(C)CCCc2sc(NC(=O)[C@@H]3C[C@@H]4CC[C@H]3C4)c(C#N)c2C)cc1. The van der Waals surface area contributed by atoms with Crippen LogP contribution in [0.3, 0.4) is 0 Å². The van der Waals surface area contributed by atoms with Crippen LogP contribution in [-0.4, -0.2) is 19.5 Å². The van der Waals surface area contributed by atoms with E-state index in [0.717, 1.165) is 42.3 Å². The van der Waals surface area contributed by atoms with Crippen LogP contribution in [0.25, 0.3) is 0 Å². The van der Waals surface area contributed by atoms with Crippen LogP contribution in [0.1, 0.15) is 53.7 Å². The van der Waals surface area contributed by atoms with Gasteiger partial charge in [-0.3, -0.25) is 4.79 Å². The van der Waals surface area contributed by atoms with Crippen LogP contribution >= 0.6 is 11.3 Å². The van der Waals surface area contributed by atoms with Crippen LogP contribution in [0.2, 0.25) is 0 Å². The van der Waals surface area contributed by atoms with Crippen LogP contribution in [0.5, 0.6) is 0 Å². The Morgan fingerprint density at radius 3 is 2.63 bits per heavy atom. The highest BCUT2D eigenvalue weighted by atomic mass is 32.1. The first kappa shape index (κ1) is 20.9. The molecular formula is C25H31N3OS. The third-order valence-corrected chi connectivity index (χ3v) is 8.31. The van der Waals surface area contributed by atoms with E-state index in [9.17, 15) is 10.1 Å². The maximum absolute atomic E-state index is 12.9. The molecule has 2 saturated carbocycles. The van der Waals surface area contributed by atoms with Gasteiger partial charge in [0.2, 0.25) is 5.91 Å². The van der Waals surface area contributed by atoms with Gasteiger partial charge in [-0.05, 0) is 75.5 Å². The number of nitriles is 1. The zero-order chi connectivity index (χ0) is 21.3. The van der Waals surface area contributed by atoms with Crippen molar-refractivity contribution in [3.63, 3.8) is 0 Å². The van der Waals surface area contributed by atoms with Crippen molar-refractivity contribution in [2.45, 2.75) is 52.4 Å². The van der Waals surface area contributed by atoms with Crippen molar-refractivity contribution in [1.29, 1.82) is 5.26 Å². The maximum atomic E-state index is 12.9. The molecule has 3 atom stereocenters. The van der Waals surface area contributed by atoms with Crippen molar-refractivity contribution >= 4 is 27.9 Å². The van der Waals surface area contributed by atoms with E-state index >= 15 is 0 Å². The summed E-state index contributed by atoms with van der Waals surface area (Å²) >= 11 is 1.59. The van der Waals surface area contributed by atoms with Gasteiger partial charge in [0.1, 0.15) is 11.1 Å². The molecule has 2 aliphatic rings. The van der Waals surface area contributed by atoms with Crippen molar-refractivity contribution in [3.05, 3.63) is 45.8 Å². The molecule has 158 valence electrons. The van der Waals surface area contributed by atoms with E-state index in [1.54, 1.807) is 11.3 Å². The van der Waals surface area contributed by atoms with Gasteiger partial charge in [0.05, 0.1) is 5.56 Å². The normalized spacial score (nSPS) is 22.1. The second-order valence-electron chi connectivity index (χ2n) is 9.10. The van der Waals surface area contributed by atoms with Gasteiger partial charge in [0.25, 0.3) is 0 Å². The summed E-state index contributed by atoms with van der Waals surface area (Å²) in [5, 5.41) is 13.6. The van der Waals surface area contributed by atoms with Crippen LogP contribution in [0.4, 0.5) is 10.7 Å². The second-order valence-corrected chi connectivity index (χ2v) is 10.2. The number of benzene rings is 1. The zero-order valence-corrected chi connectivity index (χ0v) is 19.0. The molecular weight excluding hydrogens is 390 g/mol. The summed E-state index contributed by atoms with van der Waals surface area (Å²) in [6.45, 7) is 5.07. The summed E-state index contributed by atoms with van der Waals surface area (Å²) < 4.78 is 0. The monoisotopic (exact) mass is 421 g/mol. The zero-order valence-electron chi connectivity index (χ0n) is 18.2. The van der Waals surface area contributed by atoms with Crippen LogP contribution < -0.4 is 10.2 Å². The average molecular weight is 422 g/mol. The molecule has 5 heteroatoms. The molecule has 1 amide bonds. The summed E-state index contributed by atoms with van der Waals surface area (Å²) in [6, 6.07) is 10.9. The predicted octanol–water partition coefficient (Wildman–Crippen LogP) is 5.68. The summed E-state index contributed by atoms with van der Waals surface area (Å²) in [7, 11) is 2.12. The third-order valence-electron chi connectivity index (χ3n) is 7.04. The minimum Gasteiger partial charge on any atom is -0.375 e. The number of hydrogen-bond acceptors (Lipinski definition) is 4. The summed E-state index contributed by atoms with van der Waals surface area (Å²) in [6.07, 6.45) is 6.66. The van der Waals surface area contributed by atoms with Crippen LogP contribution in [0, 0.1) is 42.9 Å². The van der Waals surface area contributed by atoms with E-state index in [4.69, 9.17) is 0 Å². The Kier molecular flexibility index (Phi) is 6.15. The fourth-order valence-corrected chi connectivity index (χ4v) is 6.40. The Morgan fingerprint density at radius 1 is 1.23 bits per heavy atom. The molecule has 2 aliphatic carbocycles. The van der Waals surface area contributed by atoms with E-state index in [1.807, 2.05) is 6.92 Å². The highest BCUT2D eigenvalue weighted by molar-refractivity contribution is 7.16. The molecule has 2 fully saturated rings. The van der Waals surface area contributed by atoms with Crippen molar-refractivity contribution in [3.8, 4) is 6.07 Å². The van der Waals surface area contributed by atoms with Gasteiger partial charge < -0.3 is 10.2 Å². The molecule has 1 heterocycles. The van der Waals surface area contributed by atoms with Crippen molar-refractivity contribution < 1.29 is 4.79 Å². The molecule has 2 bridgehead atoms. The second kappa shape index (κ2) is 8.81. The Bertz CT molecular complexity index is 956. The lowest BCUT2D eigenvalue weighted by Gasteiger charge is -2.20. The standard InChI is InChI=1S/C25H31N3OS/c1-16-6-10-20(11-7-16)28(3)12-4-5-23-17(2)22(15-26)25(30-23)27-24(29)21-14-18-8-9-19(21)13-18/h6-7,10-11,18-19,21H,4-5,8-9,12-14H2,1-3H3,(H,27,29)/t18-,19+,21-/m1/s1. The Morgan fingerprint density at radius 2 is 2.00 bits per heavy atom. The van der Waals surface area contributed by atoms with Crippen LogP contribution in [-0.2, 0) is 11.2 Å². The van der Waals surface area contributed by atoms with Gasteiger partial charge in [0, 0.05) is 30.1 Å². The number of aryl methyl sites for hydroxylation is 2. The summed E-state index contributed by atoms with van der Waals surface area (Å²) in [4.78, 5) is 16.3. The first-order valence-corrected chi connectivity index (χ1v) is 11.9. The fraction of sp³-hybridized carbons (Fsp3) is 0.520. The molecule has 0 spiro atoms. The maximum Gasteiger partial charge on any atom is 0.228 e. The Hall–Kier alpha value is -2.32. The van der Waals surface area contributed by atoms with Gasteiger partial charge >= 0.3 is 0 Å². The highest BCUT2D eigenvalue weighted by Gasteiger charge is 2.43. The lowest BCUT2D eigenvalue weighted by molar-refractivity contribution is -0.121. The molecule has 1 N–H and O–H groups in total. The summed E-state index contributed by atoms with van der Waals surface area (Å²) in [5.74, 6) is 1.57. The molecule has 30 heavy (non-hydrogen) atoms. The van der Waals surface area contributed by atoms with Crippen LogP contribution in [0.15, 0.2) is 24.3 Å². The molecule has 4 nitrogen and oxygen atoms in total. The van der Waals surface area contributed by atoms with Gasteiger partial charge in [0.15, 0.2) is 0 Å². The van der Waals surface area contributed by atoms with Gasteiger partial charge in [-0.15, -0.1) is 11.3 Å². The van der Waals surface area contributed by atoms with Crippen molar-refractivity contribution in [2.75, 3.05) is 23.8 Å². The van der Waals surface area contributed by atoms with E-state index in [-0.39, 0.29) is 11.8 Å². The van der Waals surface area contributed by atoms with E-state index in [2.05, 4.69) is 54.5 Å². The number of thiophene rings is 1. The molecule has 0 saturated heterocycles. The first-order valence-electron chi connectivity index (χ1n) is 11.1. The molecule has 0 unspecified atom stereocenters. The fourth-order valence-electron chi connectivity index (χ4n) is 5.20. The highest BCUT2D eigenvalue weighted by Crippen LogP contribution is 2.49. The molecule has 0 aliphatic heterocycles. The number of hydrogen-bond donors (Lipinski definition) is 1. The Labute approximate surface area is 183 Å². The van der Waals surface area contributed by atoms with Crippen molar-refractivity contribution in [2.24, 2.45) is 17.8 Å². The number of carbonyl (C=O) groups is 1. The number of amides is 1. The van der Waals surface area contributed by atoms with Crippen molar-refractivity contribution in [1.82, 2.24) is 0 Å². The minimum absolute atomic E-state index is 0.130. The summed E-state index contributed by atoms with van der Waals surface area (Å²) in [5.41, 5.74) is 4.17. The number of rotatable bonds is 7. The lowest BCUT2D eigenvalue weighted by Crippen LogP contribution is -2.27. The minimum atomic E-state index is 0.130. The molecule has 4 rings (SSSR count). The Balaban J connectivity index is 1.37. The lowest BCUT2D eigenvalue weighted by atomic mass is 9.88. The quantitative estimate of drug-likeness (QED) is 0.626. The smallest absolute Gasteiger partial charge is 0.228 e. The number of carbonyl (C=O) groups excluding carboxylic acids is 1. The van der Waals surface area contributed by atoms with E-state index in [1.165, 1.54) is 35.4 Å². The van der Waals surface area contributed by atoms with Gasteiger partial charge in [-0.25, -0.2) is 0 Å². The molecule has 1 aromatic carbocycles. The van der Waals surface area contributed by atoms with Gasteiger partial charge in [-0.2, -0.15) is 5.26 Å². The number of fused-ring (bicyclic) bond motifs is 2. The first-order chi connectivity index (χ1) is 14.5. The molecule has 2 aromatic rings. The predicted molar refractivity (Wildman–Crippen MR) is 124 cm³/mol. The average Bonchev–Trinajstić information content (AvgIpc) is 3.44. The molecule has 1 aromatic heterocycles. The number of nitrogens with zero attached hydrogens (tertiary/aromatic N) is 2. The topological polar surface area (TPSA) is 56.1 Å². The molecule has 0 radical (unpaired) electrons.